The van der Waals surface area contributed by atoms with E-state index in [0.717, 1.165) is 21.7 Å². The molecule has 22 nitrogen and oxygen atoms in total. The highest BCUT2D eigenvalue weighted by Crippen LogP contribution is 2.37. The maximum atomic E-state index is 14.0. The van der Waals surface area contributed by atoms with E-state index in [-0.39, 0.29) is 36.7 Å². The van der Waals surface area contributed by atoms with Crippen molar-refractivity contribution in [1.29, 1.82) is 0 Å². The van der Waals surface area contributed by atoms with Crippen LogP contribution in [0.2, 0.25) is 0 Å². The topological polar surface area (TPSA) is 286 Å². The number of β-amino-alcohol motifs (C(OH)–C–C–N with tert-alkyl or cyclic N) is 1. The predicted octanol–water partition coefficient (Wildman–Crippen LogP) is 1.70. The molecule has 0 unspecified atom stereocenters. The first kappa shape index (κ1) is 49.1. The van der Waals surface area contributed by atoms with Crippen molar-refractivity contribution >= 4 is 64.0 Å². The van der Waals surface area contributed by atoms with Gasteiger partial charge in [-0.15, -0.1) is 21.5 Å². The molecule has 67 heavy (non-hydrogen) atoms. The van der Waals surface area contributed by atoms with Crippen LogP contribution in [0.1, 0.15) is 48.9 Å². The second-order valence-corrected chi connectivity index (χ2v) is 17.4. The summed E-state index contributed by atoms with van der Waals surface area (Å²) in [5.41, 5.74) is 4.83. The Morgan fingerprint density at radius 1 is 0.955 bits per heavy atom. The number of nitrogens with zero attached hydrogens (tertiary/aromatic N) is 7. The molecule has 7 N–H and O–H groups in total. The second kappa shape index (κ2) is 21.7. The van der Waals surface area contributed by atoms with Gasteiger partial charge in [0.05, 0.1) is 52.8 Å². The number of para-hydroxylation sites is 1. The largest absolute Gasteiger partial charge is 0.494 e. The maximum absolute atomic E-state index is 14.0. The Morgan fingerprint density at radius 2 is 1.70 bits per heavy atom. The van der Waals surface area contributed by atoms with Gasteiger partial charge in [0.15, 0.2) is 23.1 Å². The maximum Gasteiger partial charge on any atom is 0.273 e. The number of aromatic nitrogens is 6. The minimum atomic E-state index is -1.12. The van der Waals surface area contributed by atoms with Crippen molar-refractivity contribution in [1.82, 2.24) is 56.1 Å². The van der Waals surface area contributed by atoms with Crippen LogP contribution >= 0.6 is 11.3 Å². The van der Waals surface area contributed by atoms with Crippen molar-refractivity contribution < 1.29 is 43.3 Å². The van der Waals surface area contributed by atoms with E-state index in [4.69, 9.17) is 9.47 Å². The highest BCUT2D eigenvalue weighted by Gasteiger charge is 2.44. The summed E-state index contributed by atoms with van der Waals surface area (Å²) in [5, 5.41) is 38.9. The monoisotopic (exact) mass is 939 g/mol. The molecule has 0 saturated carbocycles. The zero-order valence-corrected chi connectivity index (χ0v) is 38.8. The number of thiazole rings is 1. The number of benzene rings is 2. The van der Waals surface area contributed by atoms with Crippen LogP contribution in [0.15, 0.2) is 60.4 Å². The van der Waals surface area contributed by atoms with Gasteiger partial charge >= 0.3 is 0 Å². The average Bonchev–Trinajstić information content (AvgIpc) is 4.05. The van der Waals surface area contributed by atoms with Crippen LogP contribution in [0.5, 0.6) is 5.75 Å². The lowest BCUT2D eigenvalue weighted by atomic mass is 9.85. The Balaban J connectivity index is 0.983. The molecule has 2 aromatic carbocycles. The van der Waals surface area contributed by atoms with Gasteiger partial charge in [0.25, 0.3) is 5.91 Å². The van der Waals surface area contributed by atoms with Crippen molar-refractivity contribution in [3.05, 3.63) is 77.3 Å². The van der Waals surface area contributed by atoms with E-state index >= 15 is 0 Å². The number of aliphatic hydroxyl groups is 1. The zero-order chi connectivity index (χ0) is 48.4. The number of nitrogens with one attached hydrogen (secondary N) is 6. The minimum Gasteiger partial charge on any atom is -0.494 e. The van der Waals surface area contributed by atoms with Crippen LogP contribution in [0.3, 0.4) is 0 Å². The molecule has 3 atom stereocenters. The quantitative estimate of drug-likeness (QED) is 0.0658. The summed E-state index contributed by atoms with van der Waals surface area (Å²) in [4.78, 5) is 89.6. The van der Waals surface area contributed by atoms with Gasteiger partial charge in [-0.25, -0.2) is 9.97 Å². The molecule has 6 amide bonds. The zero-order valence-electron chi connectivity index (χ0n) is 38.0. The first-order valence-corrected chi connectivity index (χ1v) is 21.9. The first-order chi connectivity index (χ1) is 31.9. The van der Waals surface area contributed by atoms with E-state index in [9.17, 15) is 33.9 Å². The highest BCUT2D eigenvalue weighted by molar-refractivity contribution is 7.13. The van der Waals surface area contributed by atoms with Crippen LogP contribution in [-0.4, -0.2) is 134 Å². The molecule has 354 valence electrons. The van der Waals surface area contributed by atoms with E-state index in [0.29, 0.717) is 22.8 Å². The van der Waals surface area contributed by atoms with Crippen molar-refractivity contribution in [2.75, 3.05) is 51.1 Å². The van der Waals surface area contributed by atoms with Crippen molar-refractivity contribution in [2.45, 2.75) is 58.8 Å². The highest BCUT2D eigenvalue weighted by atomic mass is 32.1. The summed E-state index contributed by atoms with van der Waals surface area (Å²) in [5.74, 6) is -2.97. The third kappa shape index (κ3) is 12.5. The van der Waals surface area contributed by atoms with Gasteiger partial charge in [-0.05, 0) is 35.6 Å². The number of carbonyl (C=O) groups excluding carboxylic acids is 6. The molecular formula is C44H53N13O9S. The number of rotatable bonds is 18. The number of aryl methyl sites for hydroxylation is 2. The normalized spacial score (nSPS) is 15.0. The van der Waals surface area contributed by atoms with Gasteiger partial charge in [0.1, 0.15) is 31.6 Å². The number of methoxy groups -OCH3 is 1. The van der Waals surface area contributed by atoms with Crippen LogP contribution in [0.4, 0.5) is 17.2 Å². The number of ether oxygens (including phenoxy) is 2. The number of hydrogen-bond acceptors (Lipinski definition) is 16. The molecule has 0 aliphatic carbocycles. The average molecular weight is 940 g/mol. The molecule has 1 fully saturated rings. The Kier molecular flexibility index (Phi) is 15.9. The Bertz CT molecular complexity index is 2610. The van der Waals surface area contributed by atoms with E-state index in [2.05, 4.69) is 57.2 Å². The number of hydrogen-bond donors (Lipinski definition) is 7. The number of amides is 6. The van der Waals surface area contributed by atoms with Gasteiger partial charge in [-0.2, -0.15) is 5.10 Å². The van der Waals surface area contributed by atoms with Crippen LogP contribution in [0, 0.1) is 12.3 Å². The summed E-state index contributed by atoms with van der Waals surface area (Å²) < 4.78 is 12.5. The van der Waals surface area contributed by atoms with Crippen molar-refractivity contribution in [3.63, 3.8) is 0 Å². The molecule has 5 aromatic rings. The number of anilines is 3. The SMILES string of the molecule is CNC(=O)c1nnc(NC(=O)CNC(=O)COCC(=O)N[C@H](C(=O)N2C[C@H](O)C[C@H]2C(=O)NCc2ccc(-c3scnc3C)cc2)C(C)(C)C)cc1Nc1cccc(-c2ncn(C)n2)c1OC. The first-order valence-electron chi connectivity index (χ1n) is 21.0. The van der Waals surface area contributed by atoms with E-state index in [1.54, 1.807) is 73.9 Å². The van der Waals surface area contributed by atoms with Gasteiger partial charge in [0.2, 0.25) is 29.5 Å². The molecule has 0 spiro atoms. The summed E-state index contributed by atoms with van der Waals surface area (Å²) in [6, 6.07) is 12.2. The minimum absolute atomic E-state index is 0.0223. The molecule has 1 saturated heterocycles. The van der Waals surface area contributed by atoms with Crippen LogP contribution in [-0.2, 0) is 42.3 Å². The fraction of sp³-hybridized carbons (Fsp3) is 0.386. The standard InChI is InChI=1S/C44H53N13O9S/c1-24-38(67-23-49-24)26-13-11-25(12-14-26)17-47-41(62)31-15-27(58)19-57(31)43(64)39(44(2,3)4)52-35(61)21-66-20-34(60)46-18-33(59)51-32-16-30(36(54-53-32)42(63)45-5)50-29-10-8-9-28(37(29)65-7)40-48-22-56(6)55-40/h8-14,16,22-23,27,31,39,58H,15,17-21H2,1-7H3,(H,45,63)(H,46,60)(H,47,62)(H,52,61)(H2,50,51,53,59)/t27-,31+,39-/m1/s1. The summed E-state index contributed by atoms with van der Waals surface area (Å²) in [6.07, 6.45) is 0.614. The van der Waals surface area contributed by atoms with Crippen molar-refractivity contribution in [3.8, 4) is 27.6 Å². The summed E-state index contributed by atoms with van der Waals surface area (Å²) in [6.45, 7) is 5.53. The van der Waals surface area contributed by atoms with Gasteiger partial charge < -0.3 is 51.4 Å². The fourth-order valence-electron chi connectivity index (χ4n) is 7.11. The van der Waals surface area contributed by atoms with E-state index in [1.807, 2.05) is 31.2 Å². The third-order valence-corrected chi connectivity index (χ3v) is 11.4. The molecule has 0 bridgehead atoms. The molecule has 23 heteroatoms. The second-order valence-electron chi connectivity index (χ2n) is 16.6. The molecule has 1 aliphatic rings. The lowest BCUT2D eigenvalue weighted by molar-refractivity contribution is -0.145. The molecule has 1 aliphatic heterocycles. The third-order valence-electron chi connectivity index (χ3n) is 10.5. The molecule has 0 radical (unpaired) electrons. The number of likely N-dealkylation sites (tertiary alicyclic amines) is 1. The molecule has 4 heterocycles. The van der Waals surface area contributed by atoms with Gasteiger partial charge in [0, 0.05) is 39.7 Å². The van der Waals surface area contributed by atoms with E-state index in [1.165, 1.54) is 25.1 Å². The lowest BCUT2D eigenvalue weighted by Crippen LogP contribution is -2.58. The van der Waals surface area contributed by atoms with Gasteiger partial charge in [-0.1, -0.05) is 51.1 Å². The Hall–Kier alpha value is -7.37. The van der Waals surface area contributed by atoms with E-state index < -0.39 is 78.8 Å². The smallest absolute Gasteiger partial charge is 0.273 e. The Labute approximate surface area is 389 Å². The van der Waals surface area contributed by atoms with Crippen LogP contribution in [0.25, 0.3) is 21.8 Å². The van der Waals surface area contributed by atoms with Crippen LogP contribution < -0.4 is 36.6 Å². The molecular weight excluding hydrogens is 887 g/mol. The predicted molar refractivity (Wildman–Crippen MR) is 246 cm³/mol. The summed E-state index contributed by atoms with van der Waals surface area (Å²) >= 11 is 1.54. The Morgan fingerprint density at radius 3 is 2.36 bits per heavy atom. The molecule has 6 rings (SSSR count). The number of carbonyl (C=O) groups is 6. The summed E-state index contributed by atoms with van der Waals surface area (Å²) in [7, 11) is 4.62. The van der Waals surface area contributed by atoms with Crippen molar-refractivity contribution in [2.24, 2.45) is 12.5 Å². The molecule has 3 aromatic heterocycles. The fourth-order valence-corrected chi connectivity index (χ4v) is 7.92. The van der Waals surface area contributed by atoms with Gasteiger partial charge in [-0.3, -0.25) is 33.4 Å². The number of aliphatic hydroxyl groups excluding tert-OH is 1. The lowest BCUT2D eigenvalue weighted by Gasteiger charge is -2.35.